The molecule has 1 N–H and O–H groups in total. The molecule has 2 bridgehead atoms. The highest BCUT2D eigenvalue weighted by Crippen LogP contribution is 2.58. The minimum Gasteiger partial charge on any atom is -0.460 e. The SMILES string of the molecule is COCOC(=O)C(C)CC1C(C)C2CC(C(O)CC(=O)OC(C)(C)C)C1C2. The van der Waals surface area contributed by atoms with Crippen molar-refractivity contribution < 1.29 is 28.9 Å². The second kappa shape index (κ2) is 8.91. The molecule has 0 spiro atoms. The predicted molar refractivity (Wildman–Crippen MR) is 101 cm³/mol. The van der Waals surface area contributed by atoms with Gasteiger partial charge in [-0.15, -0.1) is 0 Å². The van der Waals surface area contributed by atoms with Crippen molar-refractivity contribution in [1.82, 2.24) is 0 Å². The normalized spacial score (nSPS) is 32.2. The predicted octanol–water partition coefficient (Wildman–Crippen LogP) is 3.16. The third kappa shape index (κ3) is 5.67. The molecule has 0 aromatic heterocycles. The van der Waals surface area contributed by atoms with Gasteiger partial charge in [-0.05, 0) is 69.6 Å². The number of hydrogen-bond donors (Lipinski definition) is 1. The van der Waals surface area contributed by atoms with Gasteiger partial charge in [0.25, 0.3) is 0 Å². The molecule has 2 saturated carbocycles. The summed E-state index contributed by atoms with van der Waals surface area (Å²) in [6, 6.07) is 0. The maximum absolute atomic E-state index is 12.1. The smallest absolute Gasteiger partial charge is 0.310 e. The molecule has 2 rings (SSSR count). The van der Waals surface area contributed by atoms with Gasteiger partial charge in [-0.3, -0.25) is 9.59 Å². The highest BCUT2D eigenvalue weighted by Gasteiger charge is 2.53. The summed E-state index contributed by atoms with van der Waals surface area (Å²) in [6.07, 6.45) is 2.13. The molecular weight excluding hydrogens is 348 g/mol. The molecule has 0 amide bonds. The first-order valence-corrected chi connectivity index (χ1v) is 10.1. The van der Waals surface area contributed by atoms with E-state index in [0.29, 0.717) is 23.7 Å². The molecule has 2 aliphatic rings. The van der Waals surface area contributed by atoms with Crippen LogP contribution in [0.3, 0.4) is 0 Å². The van der Waals surface area contributed by atoms with Gasteiger partial charge in [0.2, 0.25) is 0 Å². The lowest BCUT2D eigenvalue weighted by Crippen LogP contribution is -2.37. The minimum atomic E-state index is -0.680. The Morgan fingerprint density at radius 1 is 1.22 bits per heavy atom. The molecule has 0 radical (unpaired) electrons. The highest BCUT2D eigenvalue weighted by molar-refractivity contribution is 5.72. The molecule has 7 unspecified atom stereocenters. The first-order chi connectivity index (χ1) is 12.5. The van der Waals surface area contributed by atoms with Crippen LogP contribution in [0.15, 0.2) is 0 Å². The van der Waals surface area contributed by atoms with Crippen LogP contribution in [0.5, 0.6) is 0 Å². The fraction of sp³-hybridized carbons (Fsp3) is 0.905. The number of fused-ring (bicyclic) bond motifs is 2. The van der Waals surface area contributed by atoms with E-state index < -0.39 is 11.7 Å². The van der Waals surface area contributed by atoms with Crippen LogP contribution in [0.4, 0.5) is 0 Å². The molecule has 0 aliphatic heterocycles. The summed E-state index contributed by atoms with van der Waals surface area (Å²) in [4.78, 5) is 24.2. The summed E-state index contributed by atoms with van der Waals surface area (Å²) in [7, 11) is 1.49. The van der Waals surface area contributed by atoms with Gasteiger partial charge in [0.05, 0.1) is 18.4 Å². The van der Waals surface area contributed by atoms with Gasteiger partial charge < -0.3 is 19.3 Å². The fourth-order valence-corrected chi connectivity index (χ4v) is 5.11. The van der Waals surface area contributed by atoms with Crippen LogP contribution >= 0.6 is 0 Å². The Morgan fingerprint density at radius 2 is 1.89 bits per heavy atom. The summed E-state index contributed by atoms with van der Waals surface area (Å²) in [6.45, 7) is 9.61. The maximum atomic E-state index is 12.1. The first kappa shape index (κ1) is 22.2. The molecule has 0 saturated heterocycles. The lowest BCUT2D eigenvalue weighted by Gasteiger charge is -2.37. The van der Waals surface area contributed by atoms with Gasteiger partial charge in [0, 0.05) is 7.11 Å². The average molecular weight is 385 g/mol. The number of aliphatic hydroxyl groups excluding tert-OH is 1. The maximum Gasteiger partial charge on any atom is 0.310 e. The Labute approximate surface area is 162 Å². The number of carbonyl (C=O) groups is 2. The molecule has 0 aromatic rings. The molecule has 6 nitrogen and oxygen atoms in total. The van der Waals surface area contributed by atoms with Crippen LogP contribution in [0, 0.1) is 35.5 Å². The van der Waals surface area contributed by atoms with Crippen molar-refractivity contribution >= 4 is 11.9 Å². The Bertz CT molecular complexity index is 525. The summed E-state index contributed by atoms with van der Waals surface area (Å²) in [5.41, 5.74) is -0.541. The lowest BCUT2D eigenvalue weighted by molar-refractivity contribution is -0.159. The van der Waals surface area contributed by atoms with E-state index in [-0.39, 0.29) is 37.0 Å². The summed E-state index contributed by atoms with van der Waals surface area (Å²) < 4.78 is 15.2. The molecule has 0 aromatic carbocycles. The van der Waals surface area contributed by atoms with Crippen molar-refractivity contribution in [2.24, 2.45) is 35.5 Å². The van der Waals surface area contributed by atoms with E-state index in [1.54, 1.807) is 0 Å². The van der Waals surface area contributed by atoms with Gasteiger partial charge in [-0.2, -0.15) is 0 Å². The Kier molecular flexibility index (Phi) is 7.31. The number of rotatable bonds is 8. The lowest BCUT2D eigenvalue weighted by atomic mass is 9.69. The average Bonchev–Trinajstić information content (AvgIpc) is 3.10. The van der Waals surface area contributed by atoms with Crippen LogP contribution in [-0.2, 0) is 23.8 Å². The number of aliphatic hydroxyl groups is 1. The Balaban J connectivity index is 1.94. The van der Waals surface area contributed by atoms with Gasteiger partial charge >= 0.3 is 11.9 Å². The third-order valence-electron chi connectivity index (χ3n) is 6.31. The van der Waals surface area contributed by atoms with Gasteiger partial charge in [0.1, 0.15) is 5.60 Å². The van der Waals surface area contributed by atoms with Crippen molar-refractivity contribution in [3.05, 3.63) is 0 Å². The van der Waals surface area contributed by atoms with Crippen LogP contribution in [0.2, 0.25) is 0 Å². The summed E-state index contributed by atoms with van der Waals surface area (Å²) >= 11 is 0. The Hall–Kier alpha value is -1.14. The van der Waals surface area contributed by atoms with Gasteiger partial charge in [-0.1, -0.05) is 13.8 Å². The number of methoxy groups -OCH3 is 1. The zero-order valence-electron chi connectivity index (χ0n) is 17.6. The summed E-state index contributed by atoms with van der Waals surface area (Å²) in [5, 5.41) is 10.7. The number of esters is 2. The van der Waals surface area contributed by atoms with Crippen LogP contribution in [0.25, 0.3) is 0 Å². The molecule has 2 fully saturated rings. The second-order valence-corrected chi connectivity index (χ2v) is 9.45. The standard InChI is InChI=1S/C21H36O6/c1-12(20(24)26-11-25-6)7-15-13(2)14-8-16(15)17(9-14)18(22)10-19(23)27-21(3,4)5/h12-18,22H,7-11H2,1-6H3. The van der Waals surface area contributed by atoms with E-state index >= 15 is 0 Å². The van der Waals surface area contributed by atoms with Crippen molar-refractivity contribution in [2.45, 2.75) is 72.0 Å². The van der Waals surface area contributed by atoms with E-state index in [9.17, 15) is 14.7 Å². The number of carbonyl (C=O) groups excluding carboxylic acids is 2. The van der Waals surface area contributed by atoms with Crippen molar-refractivity contribution in [1.29, 1.82) is 0 Å². The highest BCUT2D eigenvalue weighted by atomic mass is 16.7. The molecule has 27 heavy (non-hydrogen) atoms. The first-order valence-electron chi connectivity index (χ1n) is 10.1. The van der Waals surface area contributed by atoms with E-state index in [2.05, 4.69) is 6.92 Å². The zero-order valence-corrected chi connectivity index (χ0v) is 17.6. The number of ether oxygens (including phenoxy) is 3. The molecule has 2 aliphatic carbocycles. The molecule has 156 valence electrons. The van der Waals surface area contributed by atoms with Crippen molar-refractivity contribution in [3.8, 4) is 0 Å². The topological polar surface area (TPSA) is 82.1 Å². The molecule has 6 heteroatoms. The molecule has 0 heterocycles. The van der Waals surface area contributed by atoms with Crippen LogP contribution in [-0.4, -0.2) is 42.7 Å². The number of hydrogen-bond acceptors (Lipinski definition) is 6. The second-order valence-electron chi connectivity index (χ2n) is 9.45. The van der Waals surface area contributed by atoms with Gasteiger partial charge in [0.15, 0.2) is 6.79 Å². The van der Waals surface area contributed by atoms with E-state index in [1.165, 1.54) is 7.11 Å². The fourth-order valence-electron chi connectivity index (χ4n) is 5.11. The Morgan fingerprint density at radius 3 is 2.44 bits per heavy atom. The van der Waals surface area contributed by atoms with Crippen molar-refractivity contribution in [3.63, 3.8) is 0 Å². The van der Waals surface area contributed by atoms with E-state index in [1.807, 2.05) is 27.7 Å². The van der Waals surface area contributed by atoms with E-state index in [4.69, 9.17) is 14.2 Å². The molecule has 7 atom stereocenters. The van der Waals surface area contributed by atoms with E-state index in [0.717, 1.165) is 19.3 Å². The minimum absolute atomic E-state index is 0.0212. The largest absolute Gasteiger partial charge is 0.460 e. The quantitative estimate of drug-likeness (QED) is 0.511. The third-order valence-corrected chi connectivity index (χ3v) is 6.31. The van der Waals surface area contributed by atoms with Crippen LogP contribution in [0.1, 0.15) is 60.3 Å². The summed E-state index contributed by atoms with van der Waals surface area (Å²) in [5.74, 6) is 1.11. The van der Waals surface area contributed by atoms with Crippen molar-refractivity contribution in [2.75, 3.05) is 13.9 Å². The van der Waals surface area contributed by atoms with Gasteiger partial charge in [-0.25, -0.2) is 0 Å². The molecular formula is C21H36O6. The monoisotopic (exact) mass is 384 g/mol. The zero-order chi connectivity index (χ0) is 20.4. The van der Waals surface area contributed by atoms with Crippen LogP contribution < -0.4 is 0 Å².